The Balaban J connectivity index is 2.11. The van der Waals surface area contributed by atoms with Crippen LogP contribution in [0.15, 0.2) is 30.6 Å². The molecule has 0 aliphatic heterocycles. The topological polar surface area (TPSA) is 53.4 Å². The Morgan fingerprint density at radius 3 is 2.95 bits per heavy atom. The van der Waals surface area contributed by atoms with Crippen LogP contribution in [0.1, 0.15) is 10.4 Å². The summed E-state index contributed by atoms with van der Waals surface area (Å²) in [7, 11) is 1.50. The third-order valence-electron chi connectivity index (χ3n) is 2.52. The second-order valence-electron chi connectivity index (χ2n) is 3.76. The first-order chi connectivity index (χ1) is 9.24. The molecule has 6 heteroatoms. The molecule has 0 spiro atoms. The van der Waals surface area contributed by atoms with Gasteiger partial charge in [-0.15, -0.1) is 0 Å². The molecule has 5 nitrogen and oxygen atoms in total. The number of nitrogens with zero attached hydrogens (tertiary/aromatic N) is 2. The zero-order chi connectivity index (χ0) is 13.7. The Labute approximate surface area is 115 Å². The van der Waals surface area contributed by atoms with E-state index < -0.39 is 0 Å². The van der Waals surface area contributed by atoms with Gasteiger partial charge in [0.25, 0.3) is 0 Å². The number of carbonyl (C=O) groups excluding carboxylic acids is 1. The molecule has 0 unspecified atom stereocenters. The molecule has 0 amide bonds. The molecule has 1 heterocycles. The molecule has 0 fully saturated rings. The monoisotopic (exact) mass is 280 g/mol. The van der Waals surface area contributed by atoms with Crippen LogP contribution in [0.3, 0.4) is 0 Å². The molecule has 0 N–H and O–H groups in total. The van der Waals surface area contributed by atoms with Gasteiger partial charge in [0, 0.05) is 23.5 Å². The lowest BCUT2D eigenvalue weighted by atomic mass is 10.2. The summed E-state index contributed by atoms with van der Waals surface area (Å²) >= 11 is 5.89. The molecule has 0 saturated carbocycles. The van der Waals surface area contributed by atoms with Crippen LogP contribution in [-0.4, -0.2) is 29.8 Å². The summed E-state index contributed by atoms with van der Waals surface area (Å²) < 4.78 is 12.5. The average Bonchev–Trinajstić information content (AvgIpc) is 2.92. The Kier molecular flexibility index (Phi) is 4.41. The highest BCUT2D eigenvalue weighted by molar-refractivity contribution is 6.31. The summed E-state index contributed by atoms with van der Waals surface area (Å²) in [5, 5.41) is 4.49. The van der Waals surface area contributed by atoms with Gasteiger partial charge in [-0.1, -0.05) is 11.6 Å². The van der Waals surface area contributed by atoms with Gasteiger partial charge in [-0.25, -0.2) is 0 Å². The quantitative estimate of drug-likeness (QED) is 0.763. The zero-order valence-electron chi connectivity index (χ0n) is 10.4. The van der Waals surface area contributed by atoms with Crippen LogP contribution in [0.4, 0.5) is 0 Å². The molecule has 0 aliphatic rings. The average molecular weight is 281 g/mol. The van der Waals surface area contributed by atoms with Crippen molar-refractivity contribution in [3.05, 3.63) is 41.2 Å². The van der Waals surface area contributed by atoms with Crippen molar-refractivity contribution in [2.75, 3.05) is 13.7 Å². The Hall–Kier alpha value is -2.01. The van der Waals surface area contributed by atoms with Crippen LogP contribution < -0.4 is 9.47 Å². The molecular weight excluding hydrogens is 268 g/mol. The van der Waals surface area contributed by atoms with Crippen molar-refractivity contribution in [3.8, 4) is 11.5 Å². The predicted molar refractivity (Wildman–Crippen MR) is 71.1 cm³/mol. The van der Waals surface area contributed by atoms with Crippen molar-refractivity contribution >= 4 is 17.9 Å². The second kappa shape index (κ2) is 6.24. The zero-order valence-corrected chi connectivity index (χ0v) is 11.1. The summed E-state index contributed by atoms with van der Waals surface area (Å²) in [6.07, 6.45) is 4.22. The van der Waals surface area contributed by atoms with Gasteiger partial charge in [-0.2, -0.15) is 5.10 Å². The minimum Gasteiger partial charge on any atom is -0.493 e. The minimum atomic E-state index is 0.366. The summed E-state index contributed by atoms with van der Waals surface area (Å²) in [5.74, 6) is 0.837. The molecule has 19 heavy (non-hydrogen) atoms. The van der Waals surface area contributed by atoms with Crippen molar-refractivity contribution in [2.24, 2.45) is 0 Å². The number of hydrogen-bond acceptors (Lipinski definition) is 4. The number of halogens is 1. The predicted octanol–water partition coefficient (Wildman–Crippen LogP) is 2.44. The maximum absolute atomic E-state index is 11.0. The van der Waals surface area contributed by atoms with Gasteiger partial charge >= 0.3 is 0 Å². The van der Waals surface area contributed by atoms with Crippen molar-refractivity contribution in [1.82, 2.24) is 9.78 Å². The van der Waals surface area contributed by atoms with E-state index in [1.807, 2.05) is 12.3 Å². The molecule has 2 aromatic rings. The Morgan fingerprint density at radius 1 is 1.47 bits per heavy atom. The molecule has 0 aliphatic carbocycles. The maximum Gasteiger partial charge on any atom is 0.171 e. The number of benzene rings is 1. The van der Waals surface area contributed by atoms with Gasteiger partial charge in [-0.05, 0) is 12.1 Å². The van der Waals surface area contributed by atoms with Gasteiger partial charge in [0.1, 0.15) is 6.61 Å². The van der Waals surface area contributed by atoms with Gasteiger partial charge in [0.15, 0.2) is 17.8 Å². The largest absolute Gasteiger partial charge is 0.493 e. The van der Waals surface area contributed by atoms with Crippen molar-refractivity contribution in [1.29, 1.82) is 0 Å². The molecule has 2 rings (SSSR count). The number of methoxy groups -OCH3 is 1. The number of aldehydes is 1. The number of hydrogen-bond donors (Lipinski definition) is 0. The molecule has 1 aromatic carbocycles. The maximum atomic E-state index is 11.0. The number of rotatable bonds is 6. The Morgan fingerprint density at radius 2 is 2.32 bits per heavy atom. The SMILES string of the molecule is COc1cc(Cl)cc(C=O)c1OCCn1cccn1. The van der Waals surface area contributed by atoms with E-state index in [2.05, 4.69) is 5.10 Å². The highest BCUT2D eigenvalue weighted by Gasteiger charge is 2.12. The first-order valence-corrected chi connectivity index (χ1v) is 6.05. The fraction of sp³-hybridized carbons (Fsp3) is 0.231. The number of aromatic nitrogens is 2. The van der Waals surface area contributed by atoms with Gasteiger partial charge in [0.2, 0.25) is 0 Å². The van der Waals surface area contributed by atoms with Crippen LogP contribution in [0.5, 0.6) is 11.5 Å². The summed E-state index contributed by atoms with van der Waals surface area (Å²) in [6, 6.07) is 4.98. The molecule has 0 atom stereocenters. The summed E-state index contributed by atoms with van der Waals surface area (Å²) in [5.41, 5.74) is 0.366. The number of ether oxygens (including phenoxy) is 2. The van der Waals surface area contributed by atoms with Crippen LogP contribution in [0, 0.1) is 0 Å². The Bertz CT molecular complexity index is 555. The highest BCUT2D eigenvalue weighted by Crippen LogP contribution is 2.33. The normalized spacial score (nSPS) is 10.2. The van der Waals surface area contributed by atoms with Gasteiger partial charge < -0.3 is 9.47 Å². The van der Waals surface area contributed by atoms with E-state index in [4.69, 9.17) is 21.1 Å². The highest BCUT2D eigenvalue weighted by atomic mass is 35.5. The van der Waals surface area contributed by atoms with E-state index in [-0.39, 0.29) is 0 Å². The van der Waals surface area contributed by atoms with Crippen molar-refractivity contribution in [3.63, 3.8) is 0 Å². The van der Waals surface area contributed by atoms with E-state index in [1.165, 1.54) is 7.11 Å². The van der Waals surface area contributed by atoms with Gasteiger partial charge in [-0.3, -0.25) is 9.48 Å². The lowest BCUT2D eigenvalue weighted by Crippen LogP contribution is -2.10. The number of carbonyl (C=O) groups is 1. The van der Waals surface area contributed by atoms with Crippen LogP contribution in [0.2, 0.25) is 5.02 Å². The molecule has 100 valence electrons. The van der Waals surface area contributed by atoms with E-state index in [9.17, 15) is 4.79 Å². The first-order valence-electron chi connectivity index (χ1n) is 5.67. The first kappa shape index (κ1) is 13.4. The van der Waals surface area contributed by atoms with Gasteiger partial charge in [0.05, 0.1) is 19.2 Å². The fourth-order valence-electron chi connectivity index (χ4n) is 1.66. The van der Waals surface area contributed by atoms with E-state index in [1.54, 1.807) is 23.0 Å². The molecule has 0 radical (unpaired) electrons. The van der Waals surface area contributed by atoms with Crippen LogP contribution >= 0.6 is 11.6 Å². The minimum absolute atomic E-state index is 0.366. The van der Waals surface area contributed by atoms with Crippen LogP contribution in [0.25, 0.3) is 0 Å². The third-order valence-corrected chi connectivity index (χ3v) is 2.74. The standard InChI is InChI=1S/C13H13ClN2O3/c1-18-12-8-11(14)7-10(9-17)13(12)19-6-5-16-4-2-3-15-16/h2-4,7-9H,5-6H2,1H3. The summed E-state index contributed by atoms with van der Waals surface area (Å²) in [4.78, 5) is 11.0. The van der Waals surface area contributed by atoms with E-state index in [0.29, 0.717) is 41.5 Å². The third kappa shape index (κ3) is 3.26. The molecular formula is C13H13ClN2O3. The molecule has 0 saturated heterocycles. The van der Waals surface area contributed by atoms with Crippen LogP contribution in [-0.2, 0) is 6.54 Å². The summed E-state index contributed by atoms with van der Waals surface area (Å²) in [6.45, 7) is 0.956. The van der Waals surface area contributed by atoms with E-state index >= 15 is 0 Å². The van der Waals surface area contributed by atoms with Crippen molar-refractivity contribution in [2.45, 2.75) is 6.54 Å². The lowest BCUT2D eigenvalue weighted by Gasteiger charge is -2.13. The molecule has 0 bridgehead atoms. The van der Waals surface area contributed by atoms with Crippen molar-refractivity contribution < 1.29 is 14.3 Å². The molecule has 1 aromatic heterocycles. The smallest absolute Gasteiger partial charge is 0.171 e. The lowest BCUT2D eigenvalue weighted by molar-refractivity contribution is 0.111. The second-order valence-corrected chi connectivity index (χ2v) is 4.20. The van der Waals surface area contributed by atoms with E-state index in [0.717, 1.165) is 0 Å². The fourth-order valence-corrected chi connectivity index (χ4v) is 1.87.